The lowest BCUT2D eigenvalue weighted by atomic mass is 10.0. The second kappa shape index (κ2) is 35.6. The minimum atomic E-state index is -2.60. The summed E-state index contributed by atoms with van der Waals surface area (Å²) in [5.74, 6) is 0. The molecule has 0 unspecified atom stereocenters. The zero-order valence-electron chi connectivity index (χ0n) is 31.9. The van der Waals surface area contributed by atoms with E-state index in [0.717, 1.165) is 51.5 Å². The first-order chi connectivity index (χ1) is 21.5. The number of rotatable bonds is 37. The molecular formula is C39H84ClNO3Si. The molecule has 6 heteroatoms. The van der Waals surface area contributed by atoms with Crippen LogP contribution in [0, 0.1) is 0 Å². The number of halogens is 1. The minimum absolute atomic E-state index is 0. The third-order valence-corrected chi connectivity index (χ3v) is 12.3. The molecule has 0 saturated carbocycles. The maximum atomic E-state index is 6.43. The van der Waals surface area contributed by atoms with Gasteiger partial charge in [0, 0.05) is 32.3 Å². The zero-order valence-corrected chi connectivity index (χ0v) is 33.6. The highest BCUT2D eigenvalue weighted by atomic mass is 35.5. The zero-order chi connectivity index (χ0) is 32.5. The van der Waals surface area contributed by atoms with Crippen molar-refractivity contribution in [2.24, 2.45) is 0 Å². The highest BCUT2D eigenvalue weighted by Crippen LogP contribution is 2.23. The molecule has 0 aromatic carbocycles. The Bertz CT molecular complexity index is 521. The van der Waals surface area contributed by atoms with Gasteiger partial charge < -0.3 is 30.2 Å². The molecule has 0 heterocycles. The van der Waals surface area contributed by atoms with Crippen LogP contribution in [0.15, 0.2) is 0 Å². The van der Waals surface area contributed by atoms with E-state index >= 15 is 0 Å². The fourth-order valence-electron chi connectivity index (χ4n) is 6.44. The summed E-state index contributed by atoms with van der Waals surface area (Å²) in [4.78, 5) is 0. The van der Waals surface area contributed by atoms with Gasteiger partial charge in [0.05, 0.1) is 26.7 Å². The molecule has 0 radical (unpaired) electrons. The first-order valence-corrected chi connectivity index (χ1v) is 22.2. The standard InChI is InChI=1S/C39H84NO3Si.ClH/c1-7-12-14-16-18-20-22-24-26-28-30-33-40(6,34-31-29-27-25-23-21-19-17-15-13-8-2)35-32-39-44(41-36-9-3,42-37-10-4)43-38-11-5;/h7-39H2,1-6H3;1H/q+1;/p-1. The molecule has 0 bridgehead atoms. The van der Waals surface area contributed by atoms with Crippen LogP contribution in [0.4, 0.5) is 0 Å². The highest BCUT2D eigenvalue weighted by molar-refractivity contribution is 6.60. The molecule has 0 amide bonds. The van der Waals surface area contributed by atoms with Crippen molar-refractivity contribution >= 4 is 8.80 Å². The molecule has 0 aliphatic carbocycles. The summed E-state index contributed by atoms with van der Waals surface area (Å²) in [5, 5.41) is 0. The Morgan fingerprint density at radius 1 is 0.356 bits per heavy atom. The number of hydrogen-bond acceptors (Lipinski definition) is 3. The van der Waals surface area contributed by atoms with Gasteiger partial charge in [0.15, 0.2) is 0 Å². The van der Waals surface area contributed by atoms with E-state index < -0.39 is 8.80 Å². The van der Waals surface area contributed by atoms with Gasteiger partial charge in [-0.2, -0.15) is 0 Å². The lowest BCUT2D eigenvalue weighted by Gasteiger charge is -2.36. The molecule has 0 aliphatic rings. The Hall–Kier alpha value is 0.347. The maximum absolute atomic E-state index is 6.43. The van der Waals surface area contributed by atoms with Crippen molar-refractivity contribution in [1.29, 1.82) is 0 Å². The monoisotopic (exact) mass is 678 g/mol. The topological polar surface area (TPSA) is 27.7 Å². The van der Waals surface area contributed by atoms with Gasteiger partial charge in [-0.1, -0.05) is 150 Å². The summed E-state index contributed by atoms with van der Waals surface area (Å²) in [6, 6.07) is 0.970. The van der Waals surface area contributed by atoms with Gasteiger partial charge in [-0.05, 0) is 44.9 Å². The first-order valence-electron chi connectivity index (χ1n) is 20.3. The molecule has 0 spiro atoms. The van der Waals surface area contributed by atoms with Gasteiger partial charge >= 0.3 is 8.80 Å². The lowest BCUT2D eigenvalue weighted by molar-refractivity contribution is -0.910. The van der Waals surface area contributed by atoms with Crippen LogP contribution in [0.3, 0.4) is 0 Å². The van der Waals surface area contributed by atoms with Gasteiger partial charge in [-0.25, -0.2) is 0 Å². The van der Waals surface area contributed by atoms with E-state index in [-0.39, 0.29) is 12.4 Å². The van der Waals surface area contributed by atoms with Crippen LogP contribution in [-0.2, 0) is 13.3 Å². The van der Waals surface area contributed by atoms with E-state index in [1.54, 1.807) is 0 Å². The van der Waals surface area contributed by atoms with Crippen molar-refractivity contribution in [1.82, 2.24) is 0 Å². The predicted octanol–water partition coefficient (Wildman–Crippen LogP) is 9.67. The fourth-order valence-corrected chi connectivity index (χ4v) is 9.26. The number of unbranched alkanes of at least 4 members (excludes halogenated alkanes) is 20. The van der Waals surface area contributed by atoms with Crippen molar-refractivity contribution in [3.8, 4) is 0 Å². The van der Waals surface area contributed by atoms with Crippen molar-refractivity contribution in [2.75, 3.05) is 46.5 Å². The maximum Gasteiger partial charge on any atom is 0.501 e. The van der Waals surface area contributed by atoms with Crippen LogP contribution in [0.5, 0.6) is 0 Å². The molecule has 45 heavy (non-hydrogen) atoms. The third-order valence-electron chi connectivity index (χ3n) is 9.36. The van der Waals surface area contributed by atoms with Crippen LogP contribution < -0.4 is 12.4 Å². The molecule has 274 valence electrons. The Labute approximate surface area is 292 Å². The van der Waals surface area contributed by atoms with Crippen molar-refractivity contribution in [3.05, 3.63) is 0 Å². The third kappa shape index (κ3) is 30.2. The number of nitrogens with zero attached hydrogens (tertiary/aromatic N) is 1. The second-order valence-corrected chi connectivity index (χ2v) is 16.9. The van der Waals surface area contributed by atoms with Crippen LogP contribution >= 0.6 is 0 Å². The molecular weight excluding hydrogens is 594 g/mol. The molecule has 0 aromatic heterocycles. The van der Waals surface area contributed by atoms with E-state index in [0.29, 0.717) is 0 Å². The van der Waals surface area contributed by atoms with E-state index in [4.69, 9.17) is 13.3 Å². The number of hydrogen-bond donors (Lipinski definition) is 0. The predicted molar refractivity (Wildman–Crippen MR) is 198 cm³/mol. The van der Waals surface area contributed by atoms with E-state index in [1.807, 2.05) is 0 Å². The Balaban J connectivity index is 0. The largest absolute Gasteiger partial charge is 1.00 e. The van der Waals surface area contributed by atoms with Gasteiger partial charge in [0.1, 0.15) is 0 Å². The van der Waals surface area contributed by atoms with Crippen molar-refractivity contribution < 1.29 is 30.2 Å². The fraction of sp³-hybridized carbons (Fsp3) is 1.00. The molecule has 0 N–H and O–H groups in total. The summed E-state index contributed by atoms with van der Waals surface area (Å²) in [6.07, 6.45) is 35.5. The molecule has 0 fully saturated rings. The summed E-state index contributed by atoms with van der Waals surface area (Å²) in [6.45, 7) is 17.3. The van der Waals surface area contributed by atoms with Crippen LogP contribution in [0.1, 0.15) is 202 Å². The van der Waals surface area contributed by atoms with Crippen molar-refractivity contribution in [3.63, 3.8) is 0 Å². The van der Waals surface area contributed by atoms with E-state index in [9.17, 15) is 0 Å². The van der Waals surface area contributed by atoms with Crippen LogP contribution in [-0.4, -0.2) is 59.8 Å². The summed E-state index contributed by atoms with van der Waals surface area (Å²) in [7, 11) is -0.0596. The average molecular weight is 679 g/mol. The number of quaternary nitrogens is 1. The Morgan fingerprint density at radius 3 is 0.911 bits per heavy atom. The van der Waals surface area contributed by atoms with Gasteiger partial charge in [-0.15, -0.1) is 0 Å². The average Bonchev–Trinajstić information content (AvgIpc) is 3.03. The SMILES string of the molecule is CCCCCCCCCCCCC[N+](C)(CCCCCCCCCCCCC)CCC[Si](OCCC)(OCCC)OCCC.[Cl-]. The lowest BCUT2D eigenvalue weighted by Crippen LogP contribution is -3.00. The highest BCUT2D eigenvalue weighted by Gasteiger charge is 2.41. The van der Waals surface area contributed by atoms with E-state index in [1.165, 1.54) is 165 Å². The van der Waals surface area contributed by atoms with Crippen LogP contribution in [0.25, 0.3) is 0 Å². The molecule has 0 rings (SSSR count). The molecule has 4 nitrogen and oxygen atoms in total. The summed E-state index contributed by atoms with van der Waals surface area (Å²) < 4.78 is 20.5. The van der Waals surface area contributed by atoms with Gasteiger partial charge in [0.25, 0.3) is 0 Å². The Kier molecular flexibility index (Phi) is 37.6. The first kappa shape index (κ1) is 47.5. The Morgan fingerprint density at radius 2 is 0.622 bits per heavy atom. The minimum Gasteiger partial charge on any atom is -1.00 e. The molecule has 0 saturated heterocycles. The summed E-state index contributed by atoms with van der Waals surface area (Å²) in [5.41, 5.74) is 0. The van der Waals surface area contributed by atoms with Crippen LogP contribution in [0.2, 0.25) is 6.04 Å². The quantitative estimate of drug-likeness (QED) is 0.0372. The van der Waals surface area contributed by atoms with Crippen molar-refractivity contribution in [2.45, 2.75) is 208 Å². The summed E-state index contributed by atoms with van der Waals surface area (Å²) >= 11 is 0. The van der Waals surface area contributed by atoms with E-state index in [2.05, 4.69) is 41.7 Å². The van der Waals surface area contributed by atoms with Gasteiger partial charge in [0.2, 0.25) is 0 Å². The molecule has 0 atom stereocenters. The van der Waals surface area contributed by atoms with Gasteiger partial charge in [-0.3, -0.25) is 0 Å². The molecule has 0 aromatic rings. The normalized spacial score (nSPS) is 12.1. The second-order valence-electron chi connectivity index (χ2n) is 14.2. The molecule has 0 aliphatic heterocycles. The smallest absolute Gasteiger partial charge is 0.501 e.